The molecule has 0 spiro atoms. The minimum atomic E-state index is 0.696. The summed E-state index contributed by atoms with van der Waals surface area (Å²) in [4.78, 5) is 2.65. The average molecular weight is 214 g/mol. The zero-order valence-electron chi connectivity index (χ0n) is 9.17. The molecule has 2 rings (SSSR count). The van der Waals surface area contributed by atoms with Crippen molar-refractivity contribution >= 4 is 11.8 Å². The molecule has 1 unspecified atom stereocenters. The lowest BCUT2D eigenvalue weighted by molar-refractivity contribution is 0.174. The summed E-state index contributed by atoms with van der Waals surface area (Å²) in [5, 5.41) is 3.50. The van der Waals surface area contributed by atoms with Crippen LogP contribution in [0.15, 0.2) is 0 Å². The predicted molar refractivity (Wildman–Crippen MR) is 64.0 cm³/mol. The van der Waals surface area contributed by atoms with Crippen LogP contribution in [0.4, 0.5) is 0 Å². The van der Waals surface area contributed by atoms with Crippen molar-refractivity contribution in [2.45, 2.75) is 25.8 Å². The van der Waals surface area contributed by atoms with Gasteiger partial charge in [0, 0.05) is 32.2 Å². The van der Waals surface area contributed by atoms with Gasteiger partial charge in [0.05, 0.1) is 0 Å². The molecule has 82 valence electrons. The Hall–Kier alpha value is 0.270. The van der Waals surface area contributed by atoms with Crippen LogP contribution in [-0.2, 0) is 0 Å². The fraction of sp³-hybridized carbons (Fsp3) is 1.00. The fourth-order valence-electron chi connectivity index (χ4n) is 2.47. The Morgan fingerprint density at radius 2 is 2.14 bits per heavy atom. The van der Waals surface area contributed by atoms with Gasteiger partial charge in [0.15, 0.2) is 0 Å². The van der Waals surface area contributed by atoms with Crippen molar-refractivity contribution in [3.63, 3.8) is 0 Å². The maximum absolute atomic E-state index is 3.50. The normalized spacial score (nSPS) is 31.9. The van der Waals surface area contributed by atoms with E-state index in [2.05, 4.69) is 28.9 Å². The summed E-state index contributed by atoms with van der Waals surface area (Å²) in [5.41, 5.74) is 0. The zero-order chi connectivity index (χ0) is 9.80. The summed E-state index contributed by atoms with van der Waals surface area (Å²) in [6.45, 7) is 7.34. The first-order valence-corrected chi connectivity index (χ1v) is 7.03. The summed E-state index contributed by atoms with van der Waals surface area (Å²) in [6.07, 6.45) is 2.89. The van der Waals surface area contributed by atoms with E-state index >= 15 is 0 Å². The minimum Gasteiger partial charge on any atom is -0.312 e. The van der Waals surface area contributed by atoms with Gasteiger partial charge in [-0.15, -0.1) is 0 Å². The van der Waals surface area contributed by atoms with Crippen molar-refractivity contribution in [1.82, 2.24) is 10.2 Å². The van der Waals surface area contributed by atoms with Gasteiger partial charge in [0.2, 0.25) is 0 Å². The lowest BCUT2D eigenvalue weighted by Gasteiger charge is -2.35. The van der Waals surface area contributed by atoms with Crippen LogP contribution in [0, 0.1) is 5.92 Å². The topological polar surface area (TPSA) is 15.3 Å². The van der Waals surface area contributed by atoms with E-state index < -0.39 is 0 Å². The van der Waals surface area contributed by atoms with E-state index in [9.17, 15) is 0 Å². The Balaban J connectivity index is 1.72. The molecule has 0 aromatic carbocycles. The van der Waals surface area contributed by atoms with Gasteiger partial charge in [-0.1, -0.05) is 0 Å². The van der Waals surface area contributed by atoms with E-state index in [1.165, 1.54) is 50.5 Å². The zero-order valence-corrected chi connectivity index (χ0v) is 9.98. The van der Waals surface area contributed by atoms with Crippen LogP contribution in [0.25, 0.3) is 0 Å². The van der Waals surface area contributed by atoms with Gasteiger partial charge in [0.1, 0.15) is 0 Å². The average Bonchev–Trinajstić information content (AvgIpc) is 2.19. The molecule has 14 heavy (non-hydrogen) atoms. The van der Waals surface area contributed by atoms with E-state index in [0.717, 1.165) is 5.92 Å². The van der Waals surface area contributed by atoms with Crippen LogP contribution in [0.1, 0.15) is 19.8 Å². The molecule has 0 aromatic rings. The Morgan fingerprint density at radius 3 is 2.86 bits per heavy atom. The van der Waals surface area contributed by atoms with Gasteiger partial charge in [-0.05, 0) is 37.2 Å². The highest BCUT2D eigenvalue weighted by atomic mass is 32.2. The van der Waals surface area contributed by atoms with Crippen LogP contribution in [0.3, 0.4) is 0 Å². The van der Waals surface area contributed by atoms with Crippen molar-refractivity contribution < 1.29 is 0 Å². The van der Waals surface area contributed by atoms with E-state index in [4.69, 9.17) is 0 Å². The summed E-state index contributed by atoms with van der Waals surface area (Å²) in [6, 6.07) is 0.696. The lowest BCUT2D eigenvalue weighted by atomic mass is 10.0. The van der Waals surface area contributed by atoms with E-state index in [0.29, 0.717) is 6.04 Å². The van der Waals surface area contributed by atoms with Crippen molar-refractivity contribution in [3.05, 3.63) is 0 Å². The number of nitrogens with one attached hydrogen (secondary N) is 1. The van der Waals surface area contributed by atoms with E-state index in [-0.39, 0.29) is 0 Å². The molecular weight excluding hydrogens is 192 g/mol. The second kappa shape index (κ2) is 5.38. The summed E-state index contributed by atoms with van der Waals surface area (Å²) in [7, 11) is 0. The molecule has 0 saturated carbocycles. The molecule has 0 radical (unpaired) electrons. The fourth-order valence-corrected chi connectivity index (χ4v) is 3.68. The van der Waals surface area contributed by atoms with E-state index in [1.54, 1.807) is 0 Å². The molecule has 0 aliphatic carbocycles. The Morgan fingerprint density at radius 1 is 1.36 bits per heavy atom. The Labute approximate surface area is 91.8 Å². The largest absolute Gasteiger partial charge is 0.312 e. The number of thioether (sulfide) groups is 1. The van der Waals surface area contributed by atoms with Gasteiger partial charge in [0.25, 0.3) is 0 Å². The van der Waals surface area contributed by atoms with Crippen LogP contribution < -0.4 is 5.32 Å². The first kappa shape index (κ1) is 10.8. The molecule has 1 atom stereocenters. The molecule has 2 nitrogen and oxygen atoms in total. The second-order valence-electron chi connectivity index (χ2n) is 4.67. The third-order valence-electron chi connectivity index (χ3n) is 3.31. The van der Waals surface area contributed by atoms with Gasteiger partial charge in [-0.25, -0.2) is 0 Å². The predicted octanol–water partition coefficient (Wildman–Crippen LogP) is 1.42. The highest BCUT2D eigenvalue weighted by molar-refractivity contribution is 7.99. The monoisotopic (exact) mass is 214 g/mol. The molecule has 0 bridgehead atoms. The Bertz CT molecular complexity index is 169. The Kier molecular flexibility index (Phi) is 4.14. The number of nitrogens with zero attached hydrogens (tertiary/aromatic N) is 1. The van der Waals surface area contributed by atoms with Crippen LogP contribution in [-0.4, -0.2) is 48.6 Å². The highest BCUT2D eigenvalue weighted by Crippen LogP contribution is 2.23. The smallest absolute Gasteiger partial charge is 0.0167 e. The minimum absolute atomic E-state index is 0.696. The van der Waals surface area contributed by atoms with Gasteiger partial charge >= 0.3 is 0 Å². The van der Waals surface area contributed by atoms with E-state index in [1.807, 2.05) is 0 Å². The summed E-state index contributed by atoms with van der Waals surface area (Å²) < 4.78 is 0. The van der Waals surface area contributed by atoms with Gasteiger partial charge < -0.3 is 10.2 Å². The first-order chi connectivity index (χ1) is 6.84. The SMILES string of the molecule is CC1CN(CC2CCSCC2)CCN1. The standard InChI is InChI=1S/C11H22N2S/c1-10-8-13(5-4-12-10)9-11-2-6-14-7-3-11/h10-12H,2-9H2,1H3. The quantitative estimate of drug-likeness (QED) is 0.748. The number of hydrogen-bond donors (Lipinski definition) is 1. The first-order valence-electron chi connectivity index (χ1n) is 5.88. The maximum Gasteiger partial charge on any atom is 0.0167 e. The molecule has 0 aromatic heterocycles. The lowest BCUT2D eigenvalue weighted by Crippen LogP contribution is -2.50. The van der Waals surface area contributed by atoms with Gasteiger partial charge in [-0.2, -0.15) is 11.8 Å². The molecule has 2 fully saturated rings. The molecule has 2 saturated heterocycles. The van der Waals surface area contributed by atoms with Gasteiger partial charge in [-0.3, -0.25) is 0 Å². The molecule has 1 N–H and O–H groups in total. The second-order valence-corrected chi connectivity index (χ2v) is 5.90. The number of hydrogen-bond acceptors (Lipinski definition) is 3. The van der Waals surface area contributed by atoms with Crippen LogP contribution in [0.5, 0.6) is 0 Å². The maximum atomic E-state index is 3.50. The van der Waals surface area contributed by atoms with Crippen molar-refractivity contribution in [3.8, 4) is 0 Å². The van der Waals surface area contributed by atoms with Crippen molar-refractivity contribution in [2.75, 3.05) is 37.7 Å². The molecule has 3 heteroatoms. The molecular formula is C11H22N2S. The number of piperazine rings is 1. The number of rotatable bonds is 2. The third kappa shape index (κ3) is 3.14. The molecule has 2 aliphatic rings. The third-order valence-corrected chi connectivity index (χ3v) is 4.36. The van der Waals surface area contributed by atoms with Crippen molar-refractivity contribution in [2.24, 2.45) is 5.92 Å². The molecule has 0 amide bonds. The summed E-state index contributed by atoms with van der Waals surface area (Å²) >= 11 is 2.13. The molecule has 2 aliphatic heterocycles. The van der Waals surface area contributed by atoms with Crippen LogP contribution >= 0.6 is 11.8 Å². The summed E-state index contributed by atoms with van der Waals surface area (Å²) in [5.74, 6) is 3.78. The highest BCUT2D eigenvalue weighted by Gasteiger charge is 2.20. The molecule has 2 heterocycles. The van der Waals surface area contributed by atoms with Crippen LogP contribution in [0.2, 0.25) is 0 Å². The van der Waals surface area contributed by atoms with Crippen molar-refractivity contribution in [1.29, 1.82) is 0 Å².